The van der Waals surface area contributed by atoms with Gasteiger partial charge in [-0.15, -0.1) is 0 Å². The molecule has 1 N–H and O–H groups in total. The molecular formula is C2H6InO+3. The normalized spacial score (nSPS) is 4.50. The molecule has 0 saturated heterocycles. The van der Waals surface area contributed by atoms with Crippen LogP contribution >= 0.6 is 0 Å². The molecule has 0 aromatic carbocycles. The minimum absolute atomic E-state index is 0. The predicted molar refractivity (Wildman–Crippen MR) is 18.5 cm³/mol. The van der Waals surface area contributed by atoms with E-state index < -0.39 is 0 Å². The summed E-state index contributed by atoms with van der Waals surface area (Å²) in [4.78, 5) is 0. The molecule has 0 bridgehead atoms. The van der Waals surface area contributed by atoms with Gasteiger partial charge >= 0.3 is 25.8 Å². The zero-order valence-electron chi connectivity index (χ0n) is 2.73. The van der Waals surface area contributed by atoms with E-state index in [-0.39, 0.29) is 32.5 Å². The third kappa shape index (κ3) is 13.8. The van der Waals surface area contributed by atoms with Crippen molar-refractivity contribution in [3.05, 3.63) is 0 Å². The van der Waals surface area contributed by atoms with Crippen molar-refractivity contribution in [2.75, 3.05) is 6.61 Å². The second-order valence-electron chi connectivity index (χ2n) is 0.316. The van der Waals surface area contributed by atoms with Crippen LogP contribution in [0.25, 0.3) is 0 Å². The molecule has 2 heteroatoms. The Labute approximate surface area is 44.8 Å². The van der Waals surface area contributed by atoms with Crippen molar-refractivity contribution in [1.29, 1.82) is 0 Å². The molecule has 0 fully saturated rings. The Balaban J connectivity index is 0. The molecule has 1 nitrogen and oxygen atoms in total. The van der Waals surface area contributed by atoms with Gasteiger partial charge in [0.05, 0.1) is 0 Å². The Hall–Kier alpha value is 0.830. The molecule has 0 aromatic heterocycles. The van der Waals surface area contributed by atoms with Gasteiger partial charge in [0.1, 0.15) is 0 Å². The Morgan fingerprint density at radius 1 is 1.75 bits per heavy atom. The molecule has 0 saturated carbocycles. The van der Waals surface area contributed by atoms with Crippen LogP contribution in [0.3, 0.4) is 0 Å². The van der Waals surface area contributed by atoms with Crippen LogP contribution in [-0.4, -0.2) is 37.6 Å². The van der Waals surface area contributed by atoms with Crippen molar-refractivity contribution in [2.24, 2.45) is 0 Å². The molecule has 0 aliphatic rings. The van der Waals surface area contributed by atoms with Gasteiger partial charge in [0.2, 0.25) is 0 Å². The zero-order valence-corrected chi connectivity index (χ0v) is 6.03. The van der Waals surface area contributed by atoms with Gasteiger partial charge in [-0.05, 0) is 6.92 Å². The van der Waals surface area contributed by atoms with Crippen LogP contribution in [0.4, 0.5) is 0 Å². The molecule has 0 aliphatic heterocycles. The second-order valence-corrected chi connectivity index (χ2v) is 0.316. The number of hydrogen-bond donors (Lipinski definition) is 1. The van der Waals surface area contributed by atoms with E-state index in [9.17, 15) is 0 Å². The van der Waals surface area contributed by atoms with Crippen molar-refractivity contribution in [1.82, 2.24) is 0 Å². The molecule has 0 aromatic rings. The van der Waals surface area contributed by atoms with Gasteiger partial charge in [-0.2, -0.15) is 0 Å². The summed E-state index contributed by atoms with van der Waals surface area (Å²) in [5.74, 6) is 0. The van der Waals surface area contributed by atoms with Crippen LogP contribution < -0.4 is 0 Å². The van der Waals surface area contributed by atoms with Crippen LogP contribution in [0.15, 0.2) is 0 Å². The zero-order chi connectivity index (χ0) is 2.71. The van der Waals surface area contributed by atoms with Gasteiger partial charge in [-0.1, -0.05) is 0 Å². The van der Waals surface area contributed by atoms with Crippen molar-refractivity contribution >= 4 is 25.8 Å². The van der Waals surface area contributed by atoms with E-state index in [0.29, 0.717) is 0 Å². The first-order valence-corrected chi connectivity index (χ1v) is 1.02. The van der Waals surface area contributed by atoms with Gasteiger partial charge in [0, 0.05) is 6.61 Å². The summed E-state index contributed by atoms with van der Waals surface area (Å²) in [6.45, 7) is 1.93. The SMILES string of the molecule is CCO.[In+3]. The van der Waals surface area contributed by atoms with Crippen LogP contribution in [-0.2, 0) is 0 Å². The van der Waals surface area contributed by atoms with Gasteiger partial charge in [0.15, 0.2) is 0 Å². The topological polar surface area (TPSA) is 20.2 Å². The molecule has 0 spiro atoms. The monoisotopic (exact) mass is 161 g/mol. The fourth-order valence-electron chi connectivity index (χ4n) is 0. The summed E-state index contributed by atoms with van der Waals surface area (Å²) in [6.07, 6.45) is 0. The van der Waals surface area contributed by atoms with E-state index in [4.69, 9.17) is 5.11 Å². The average molecular weight is 161 g/mol. The molecule has 0 atom stereocenters. The van der Waals surface area contributed by atoms with E-state index in [1.807, 2.05) is 0 Å². The summed E-state index contributed by atoms with van der Waals surface area (Å²) in [6, 6.07) is 0. The average Bonchev–Trinajstić information content (AvgIpc) is 0.918. The maximum absolute atomic E-state index is 7.57. The summed E-state index contributed by atoms with van der Waals surface area (Å²) >= 11 is 0. The summed E-state index contributed by atoms with van der Waals surface area (Å²) in [7, 11) is 0. The Kier molecular flexibility index (Phi) is 20.3. The van der Waals surface area contributed by atoms with Gasteiger partial charge in [-0.25, -0.2) is 0 Å². The summed E-state index contributed by atoms with van der Waals surface area (Å²) in [5, 5.41) is 7.57. The molecule has 0 rings (SSSR count). The van der Waals surface area contributed by atoms with Crippen molar-refractivity contribution in [2.45, 2.75) is 6.92 Å². The van der Waals surface area contributed by atoms with Gasteiger partial charge in [-0.3, -0.25) is 0 Å². The first-order chi connectivity index (χ1) is 1.41. The standard InChI is InChI=1S/C2H6O.In/c1-2-3;/h3H,2H2,1H3;/q;+3. The molecule has 0 heterocycles. The smallest absolute Gasteiger partial charge is 0.397 e. The molecule has 0 amide bonds. The van der Waals surface area contributed by atoms with Gasteiger partial charge < -0.3 is 5.11 Å². The molecule has 4 heavy (non-hydrogen) atoms. The third-order valence-electron chi connectivity index (χ3n) is 0. The first kappa shape index (κ1) is 8.85. The molecule has 0 radical (unpaired) electrons. The van der Waals surface area contributed by atoms with E-state index in [1.165, 1.54) is 0 Å². The maximum atomic E-state index is 7.57. The van der Waals surface area contributed by atoms with Crippen LogP contribution in [0.2, 0.25) is 0 Å². The van der Waals surface area contributed by atoms with Crippen molar-refractivity contribution in [3.8, 4) is 0 Å². The molecular weight excluding hydrogens is 155 g/mol. The number of aliphatic hydroxyl groups is 1. The van der Waals surface area contributed by atoms with Crippen LogP contribution in [0.1, 0.15) is 6.92 Å². The summed E-state index contributed by atoms with van der Waals surface area (Å²) in [5.41, 5.74) is 0. The van der Waals surface area contributed by atoms with Crippen LogP contribution in [0.5, 0.6) is 0 Å². The van der Waals surface area contributed by atoms with E-state index >= 15 is 0 Å². The fourth-order valence-corrected chi connectivity index (χ4v) is 0. The number of aliphatic hydroxyl groups excluding tert-OH is 1. The van der Waals surface area contributed by atoms with Gasteiger partial charge in [0.25, 0.3) is 0 Å². The Bertz CT molecular complexity index is 6.00. The molecule has 0 aliphatic carbocycles. The quantitative estimate of drug-likeness (QED) is 0.513. The Morgan fingerprint density at radius 3 is 1.75 bits per heavy atom. The first-order valence-electron chi connectivity index (χ1n) is 1.02. The van der Waals surface area contributed by atoms with Crippen molar-refractivity contribution in [3.63, 3.8) is 0 Å². The van der Waals surface area contributed by atoms with Crippen LogP contribution in [0, 0.1) is 0 Å². The minimum Gasteiger partial charge on any atom is -0.397 e. The maximum Gasteiger partial charge on any atom is 3.00 e. The third-order valence-corrected chi connectivity index (χ3v) is 0. The van der Waals surface area contributed by atoms with E-state index in [2.05, 4.69) is 0 Å². The minimum atomic E-state index is 0. The molecule has 0 unspecified atom stereocenters. The fraction of sp³-hybridized carbons (Fsp3) is 1.00. The van der Waals surface area contributed by atoms with Crippen molar-refractivity contribution < 1.29 is 5.11 Å². The molecule has 20 valence electrons. The van der Waals surface area contributed by atoms with E-state index in [0.717, 1.165) is 0 Å². The second kappa shape index (κ2) is 9.16. The predicted octanol–water partition coefficient (Wildman–Crippen LogP) is -0.382. The largest absolute Gasteiger partial charge is 3.00 e. The van der Waals surface area contributed by atoms with E-state index in [1.54, 1.807) is 6.92 Å². The summed E-state index contributed by atoms with van der Waals surface area (Å²) < 4.78 is 0. The number of hydrogen-bond acceptors (Lipinski definition) is 1. The number of rotatable bonds is 0. The Morgan fingerprint density at radius 2 is 1.75 bits per heavy atom.